The van der Waals surface area contributed by atoms with E-state index in [2.05, 4.69) is 52.2 Å². The van der Waals surface area contributed by atoms with Crippen molar-refractivity contribution in [1.82, 2.24) is 19.6 Å². The molecule has 2 aliphatic rings. The summed E-state index contributed by atoms with van der Waals surface area (Å²) in [6, 6.07) is 29.3. The fourth-order valence-corrected chi connectivity index (χ4v) is 9.96. The number of aromatic nitrogens is 3. The molecule has 1 fully saturated rings. The minimum absolute atomic E-state index is 0. The highest BCUT2D eigenvalue weighted by Crippen LogP contribution is 2.42. The largest absolute Gasteiger partial charge is 1.00 e. The molecular formula is C41H36IN7O5S3. The molecule has 3 aromatic heterocycles. The number of carbonyl (C=O) groups is 3. The van der Waals surface area contributed by atoms with Gasteiger partial charge in [0, 0.05) is 16.5 Å². The highest BCUT2D eigenvalue weighted by Gasteiger charge is 2.54. The molecule has 57 heavy (non-hydrogen) atoms. The number of nitrogens with zero attached hydrogens (tertiary/aromatic N) is 5. The number of carboxylic acids is 1. The van der Waals surface area contributed by atoms with Crippen molar-refractivity contribution in [1.29, 1.82) is 0 Å². The zero-order valence-corrected chi connectivity index (χ0v) is 35.2. The fourth-order valence-electron chi connectivity index (χ4n) is 6.97. The summed E-state index contributed by atoms with van der Waals surface area (Å²) in [5, 5.41) is 24.5. The van der Waals surface area contributed by atoms with Gasteiger partial charge in [0.05, 0.1) is 7.05 Å². The number of oxime groups is 1. The molecule has 0 bridgehead atoms. The van der Waals surface area contributed by atoms with Crippen LogP contribution in [0.1, 0.15) is 35.0 Å². The fraction of sp³-hybridized carbons (Fsp3) is 0.171. The molecule has 2 amide bonds. The van der Waals surface area contributed by atoms with Gasteiger partial charge in [-0.1, -0.05) is 114 Å². The second-order valence-corrected chi connectivity index (χ2v) is 15.9. The predicted octanol–water partition coefficient (Wildman–Crippen LogP) is 2.88. The predicted molar refractivity (Wildman–Crippen MR) is 218 cm³/mol. The number of β-lactam (4-membered cyclic amide) rings is 1. The maximum Gasteiger partial charge on any atom is 0.352 e. The van der Waals surface area contributed by atoms with Crippen LogP contribution in [0.2, 0.25) is 0 Å². The zero-order valence-electron chi connectivity index (χ0n) is 30.6. The summed E-state index contributed by atoms with van der Waals surface area (Å²) in [5.41, 5.74) is 3.56. The first kappa shape index (κ1) is 39.9. The number of aliphatic carboxylic acids is 1. The number of halogens is 1. The highest BCUT2D eigenvalue weighted by molar-refractivity contribution is 8.00. The first-order chi connectivity index (χ1) is 27.3. The van der Waals surface area contributed by atoms with Gasteiger partial charge in [0.15, 0.2) is 10.8 Å². The Labute approximate surface area is 357 Å². The Bertz CT molecular complexity index is 2420. The summed E-state index contributed by atoms with van der Waals surface area (Å²) in [4.78, 5) is 52.6. The molecule has 2 aliphatic heterocycles. The maximum atomic E-state index is 14.0. The number of anilines is 1. The Balaban J connectivity index is 0.00000496. The van der Waals surface area contributed by atoms with Crippen molar-refractivity contribution in [2.24, 2.45) is 12.2 Å². The lowest BCUT2D eigenvalue weighted by atomic mass is 9.77. The van der Waals surface area contributed by atoms with Crippen molar-refractivity contribution in [2.45, 2.75) is 23.9 Å². The second-order valence-electron chi connectivity index (χ2n) is 13.0. The topological polar surface area (TPSA) is 142 Å². The van der Waals surface area contributed by atoms with Crippen molar-refractivity contribution in [3.05, 3.63) is 160 Å². The van der Waals surface area contributed by atoms with Crippen molar-refractivity contribution in [3.8, 4) is 0 Å². The summed E-state index contributed by atoms with van der Waals surface area (Å²) < 4.78 is 3.96. The van der Waals surface area contributed by atoms with Crippen LogP contribution in [0.25, 0.3) is 10.9 Å². The third-order valence-electron chi connectivity index (χ3n) is 9.53. The Kier molecular flexibility index (Phi) is 11.9. The van der Waals surface area contributed by atoms with Crippen LogP contribution in [-0.4, -0.2) is 66.7 Å². The molecule has 0 aliphatic carbocycles. The molecule has 12 nitrogen and oxygen atoms in total. The third kappa shape index (κ3) is 7.61. The van der Waals surface area contributed by atoms with Crippen LogP contribution in [0, 0.1) is 0 Å². The minimum atomic E-state index is -1.21. The van der Waals surface area contributed by atoms with Gasteiger partial charge in [0.2, 0.25) is 11.2 Å². The summed E-state index contributed by atoms with van der Waals surface area (Å²) in [5.74, 6) is -2.07. The number of benzene rings is 3. The molecule has 6 aromatic rings. The number of thioether (sulfide) groups is 1. The molecule has 0 unspecified atom stereocenters. The van der Waals surface area contributed by atoms with Crippen molar-refractivity contribution in [3.63, 3.8) is 0 Å². The lowest BCUT2D eigenvalue weighted by molar-refractivity contribution is -0.669. The number of hydrogen-bond donors (Lipinski definition) is 3. The normalized spacial score (nSPS) is 16.9. The Morgan fingerprint density at radius 3 is 2.21 bits per heavy atom. The van der Waals surface area contributed by atoms with E-state index in [1.807, 2.05) is 94.6 Å². The van der Waals surface area contributed by atoms with E-state index in [-0.39, 0.29) is 47.7 Å². The summed E-state index contributed by atoms with van der Waals surface area (Å²) >= 11 is 4.27. The standard InChI is InChI=1S/C41H35N7O5S3.HI/c1-3-53-45-33(31-24-56-40(42-31)44-41(27-13-7-4-8-14-27,28-15-9-5-10-16-28)29-17-11-6-12-18-29)36(49)43-34-37(50)48-35(39(51)52)26(22-55-38(34)48)19-20-30-23-54-32-21-46(2)25-47(30)32;/h4-21,23-25,34,38H,3,22H2,1-2H3,(H2-,42,43,44,49,51,52);1H/t34-,38-;/m1./s1. The number of rotatable bonds is 13. The lowest BCUT2D eigenvalue weighted by Gasteiger charge is -2.49. The Morgan fingerprint density at radius 1 is 0.982 bits per heavy atom. The number of allylic oxidation sites excluding steroid dienone is 1. The molecule has 0 radical (unpaired) electrons. The quantitative estimate of drug-likeness (QED) is 0.0402. The van der Waals surface area contributed by atoms with Crippen LogP contribution in [-0.2, 0) is 31.8 Å². The summed E-state index contributed by atoms with van der Waals surface area (Å²) in [6.45, 7) is 1.95. The van der Waals surface area contributed by atoms with Crippen LogP contribution in [0.15, 0.2) is 137 Å². The molecule has 16 heteroatoms. The molecule has 0 spiro atoms. The zero-order chi connectivity index (χ0) is 38.8. The summed E-state index contributed by atoms with van der Waals surface area (Å²) in [6.07, 6.45) is 7.54. The van der Waals surface area contributed by atoms with E-state index < -0.39 is 34.7 Å². The number of imidazole rings is 1. The van der Waals surface area contributed by atoms with Crippen molar-refractivity contribution < 1.29 is 52.9 Å². The van der Waals surface area contributed by atoms with E-state index in [0.29, 0.717) is 16.5 Å². The maximum absolute atomic E-state index is 14.0. The van der Waals surface area contributed by atoms with E-state index in [9.17, 15) is 19.5 Å². The van der Waals surface area contributed by atoms with Gasteiger partial charge in [-0.15, -0.1) is 23.1 Å². The van der Waals surface area contributed by atoms with Gasteiger partial charge in [-0.2, -0.15) is 4.40 Å². The first-order valence-corrected chi connectivity index (χ1v) is 20.5. The molecule has 5 heterocycles. The van der Waals surface area contributed by atoms with Crippen molar-refractivity contribution >= 4 is 74.0 Å². The van der Waals surface area contributed by atoms with Crippen LogP contribution < -0.4 is 39.2 Å². The Hall–Kier alpha value is -5.30. The van der Waals surface area contributed by atoms with E-state index in [4.69, 9.17) is 9.82 Å². The van der Waals surface area contributed by atoms with E-state index in [0.717, 1.165) is 27.2 Å². The molecule has 3 aromatic carbocycles. The first-order valence-electron chi connectivity index (χ1n) is 17.7. The van der Waals surface area contributed by atoms with Gasteiger partial charge in [0.25, 0.3) is 11.8 Å². The SMILES string of the molecule is CCON=C(C(=O)N[C@@H]1C(=O)N2C(C(=O)O)=C(C=Cc3csc4c[n+](C)cn34)CS[C@H]12)c1csc(NC(c2ccccc2)(c2ccccc2)c2ccccc2)n1.[I-]. The van der Waals surface area contributed by atoms with E-state index >= 15 is 0 Å². The molecule has 1 saturated heterocycles. The lowest BCUT2D eigenvalue weighted by Crippen LogP contribution is -3.00. The Morgan fingerprint density at radius 2 is 1.61 bits per heavy atom. The third-order valence-corrected chi connectivity index (χ3v) is 12.5. The van der Waals surface area contributed by atoms with Crippen LogP contribution in [0.3, 0.4) is 0 Å². The van der Waals surface area contributed by atoms with Crippen molar-refractivity contribution in [2.75, 3.05) is 17.7 Å². The molecule has 3 N–H and O–H groups in total. The van der Waals surface area contributed by atoms with Gasteiger partial charge in [-0.25, -0.2) is 14.3 Å². The molecule has 8 rings (SSSR count). The number of fused-ring (bicyclic) bond motifs is 2. The average Bonchev–Trinajstić information content (AvgIpc) is 3.95. The number of carbonyl (C=O) groups excluding carboxylic acids is 2. The number of nitrogens with one attached hydrogen (secondary N) is 2. The number of amides is 2. The molecule has 290 valence electrons. The monoisotopic (exact) mass is 929 g/mol. The van der Waals surface area contributed by atoms with E-state index in [1.54, 1.807) is 29.7 Å². The number of carboxylic acid groups (broad SMARTS) is 1. The average molecular weight is 930 g/mol. The van der Waals surface area contributed by atoms with Gasteiger partial charge >= 0.3 is 5.97 Å². The molecule has 0 saturated carbocycles. The van der Waals surface area contributed by atoms with Gasteiger partial charge in [-0.3, -0.25) is 14.5 Å². The number of aryl methyl sites for hydroxylation is 1. The second kappa shape index (κ2) is 17.1. The van der Waals surface area contributed by atoms with Gasteiger partial charge in [0.1, 0.15) is 46.8 Å². The van der Waals surface area contributed by atoms with Gasteiger partial charge < -0.3 is 44.6 Å². The molecular weight excluding hydrogens is 894 g/mol. The number of hydrogen-bond acceptors (Lipinski definition) is 10. The van der Waals surface area contributed by atoms with E-state index in [1.165, 1.54) is 28.0 Å². The van der Waals surface area contributed by atoms with Crippen LogP contribution in [0.5, 0.6) is 0 Å². The van der Waals surface area contributed by atoms with Gasteiger partial charge in [-0.05, 0) is 35.3 Å². The highest BCUT2D eigenvalue weighted by atomic mass is 127. The van der Waals surface area contributed by atoms with Crippen LogP contribution in [0.4, 0.5) is 5.13 Å². The summed E-state index contributed by atoms with van der Waals surface area (Å²) in [7, 11) is 1.94. The smallest absolute Gasteiger partial charge is 0.352 e. The molecule has 2 atom stereocenters. The van der Waals surface area contributed by atoms with Crippen LogP contribution >= 0.6 is 34.4 Å². The minimum Gasteiger partial charge on any atom is -1.00 e. The number of thiazole rings is 2.